The Morgan fingerprint density at radius 1 is 1.06 bits per heavy atom. The van der Waals surface area contributed by atoms with Gasteiger partial charge in [0, 0.05) is 44.8 Å². The number of hydrogen-bond donors (Lipinski definition) is 1. The van der Waals surface area contributed by atoms with Crippen molar-refractivity contribution in [3.05, 3.63) is 53.9 Å². The van der Waals surface area contributed by atoms with Gasteiger partial charge < -0.3 is 15.2 Å². The standard InChI is InChI=1S/C23H30N4O4S/c1-25-16-20(15-21(25)22(24)28)32(30,31)26-12-9-18(10-13-26)23(29)27-11-5-8-19(27)14-17-6-3-2-4-7-17/h2-4,6-7,15-16,18-19H,5,8-14H2,1H3,(H2,24,28)/t19-/m0/s1. The van der Waals surface area contributed by atoms with Crippen molar-refractivity contribution in [3.8, 4) is 0 Å². The molecule has 2 aliphatic heterocycles. The fourth-order valence-corrected chi connectivity index (χ4v) is 6.41. The highest BCUT2D eigenvalue weighted by molar-refractivity contribution is 7.89. The molecule has 1 atom stereocenters. The van der Waals surface area contributed by atoms with Gasteiger partial charge in [-0.25, -0.2) is 8.42 Å². The van der Waals surface area contributed by atoms with Crippen LogP contribution in [0.15, 0.2) is 47.5 Å². The maximum atomic E-state index is 13.3. The maximum absolute atomic E-state index is 13.3. The fourth-order valence-electron chi connectivity index (χ4n) is 4.87. The number of aromatic nitrogens is 1. The largest absolute Gasteiger partial charge is 0.364 e. The van der Waals surface area contributed by atoms with Gasteiger partial charge in [-0.1, -0.05) is 30.3 Å². The summed E-state index contributed by atoms with van der Waals surface area (Å²) in [4.78, 5) is 26.8. The highest BCUT2D eigenvalue weighted by atomic mass is 32.2. The molecule has 0 saturated carbocycles. The number of nitrogens with two attached hydrogens (primary N) is 1. The van der Waals surface area contributed by atoms with Gasteiger partial charge >= 0.3 is 0 Å². The van der Waals surface area contributed by atoms with E-state index in [-0.39, 0.29) is 41.5 Å². The molecule has 2 fully saturated rings. The molecule has 9 heteroatoms. The molecule has 0 radical (unpaired) electrons. The highest BCUT2D eigenvalue weighted by Gasteiger charge is 2.37. The van der Waals surface area contributed by atoms with E-state index in [4.69, 9.17) is 5.73 Å². The third-order valence-corrected chi connectivity index (χ3v) is 8.51. The quantitative estimate of drug-likeness (QED) is 0.712. The molecule has 0 bridgehead atoms. The maximum Gasteiger partial charge on any atom is 0.265 e. The fraction of sp³-hybridized carbons (Fsp3) is 0.478. The normalized spacial score (nSPS) is 20.5. The van der Waals surface area contributed by atoms with Crippen molar-refractivity contribution in [2.75, 3.05) is 19.6 Å². The van der Waals surface area contributed by atoms with Crippen LogP contribution >= 0.6 is 0 Å². The second kappa shape index (κ2) is 9.07. The molecule has 1 aromatic heterocycles. The molecule has 0 spiro atoms. The van der Waals surface area contributed by atoms with Crippen LogP contribution in [0.5, 0.6) is 0 Å². The van der Waals surface area contributed by atoms with Crippen LogP contribution in [-0.4, -0.2) is 59.7 Å². The van der Waals surface area contributed by atoms with Gasteiger partial charge in [0.25, 0.3) is 5.91 Å². The third-order valence-electron chi connectivity index (χ3n) is 6.65. The Bertz CT molecular complexity index is 1090. The first-order chi connectivity index (χ1) is 15.3. The summed E-state index contributed by atoms with van der Waals surface area (Å²) in [5.74, 6) is -0.681. The second-order valence-electron chi connectivity index (χ2n) is 8.73. The van der Waals surface area contributed by atoms with Crippen LogP contribution in [0.3, 0.4) is 0 Å². The molecule has 2 N–H and O–H groups in total. The van der Waals surface area contributed by atoms with E-state index in [1.165, 1.54) is 26.7 Å². The lowest BCUT2D eigenvalue weighted by molar-refractivity contribution is -0.137. The molecule has 1 aromatic carbocycles. The Balaban J connectivity index is 1.39. The summed E-state index contributed by atoms with van der Waals surface area (Å²) in [7, 11) is -2.15. The zero-order valence-corrected chi connectivity index (χ0v) is 19.1. The summed E-state index contributed by atoms with van der Waals surface area (Å²) in [5, 5.41) is 0. The van der Waals surface area contributed by atoms with Gasteiger partial charge in [-0.05, 0) is 43.7 Å². The number of aryl methyl sites for hydroxylation is 1. The summed E-state index contributed by atoms with van der Waals surface area (Å²) in [6.45, 7) is 1.35. The minimum atomic E-state index is -3.74. The van der Waals surface area contributed by atoms with Crippen LogP contribution < -0.4 is 5.73 Å². The monoisotopic (exact) mass is 458 g/mol. The molecule has 4 rings (SSSR count). The van der Waals surface area contributed by atoms with Crippen LogP contribution in [0.1, 0.15) is 41.7 Å². The number of likely N-dealkylation sites (tertiary alicyclic amines) is 1. The second-order valence-corrected chi connectivity index (χ2v) is 10.7. The van der Waals surface area contributed by atoms with Crippen LogP contribution in [-0.2, 0) is 28.3 Å². The minimum absolute atomic E-state index is 0.0565. The molecule has 0 unspecified atom stereocenters. The number of primary amides is 1. The topological polar surface area (TPSA) is 106 Å². The van der Waals surface area contributed by atoms with E-state index in [1.807, 2.05) is 23.1 Å². The number of nitrogens with zero attached hydrogens (tertiary/aromatic N) is 3. The smallest absolute Gasteiger partial charge is 0.265 e. The summed E-state index contributed by atoms with van der Waals surface area (Å²) in [5.41, 5.74) is 6.69. The van der Waals surface area contributed by atoms with Gasteiger partial charge in [-0.3, -0.25) is 9.59 Å². The number of carbonyl (C=O) groups is 2. The van der Waals surface area contributed by atoms with Crippen molar-refractivity contribution in [1.82, 2.24) is 13.8 Å². The predicted octanol–water partition coefficient (Wildman–Crippen LogP) is 1.76. The molecule has 8 nitrogen and oxygen atoms in total. The molecule has 2 saturated heterocycles. The lowest BCUT2D eigenvalue weighted by Crippen LogP contribution is -2.46. The molecule has 2 aliphatic rings. The molecule has 172 valence electrons. The van der Waals surface area contributed by atoms with Crippen LogP contribution in [0.2, 0.25) is 0 Å². The van der Waals surface area contributed by atoms with Crippen molar-refractivity contribution in [2.45, 2.75) is 43.0 Å². The molecule has 2 aromatic rings. The minimum Gasteiger partial charge on any atom is -0.364 e. The SMILES string of the molecule is Cn1cc(S(=O)(=O)N2CCC(C(=O)N3CCC[C@H]3Cc3ccccc3)CC2)cc1C(N)=O. The van der Waals surface area contributed by atoms with E-state index in [9.17, 15) is 18.0 Å². The van der Waals surface area contributed by atoms with E-state index in [1.54, 1.807) is 7.05 Å². The van der Waals surface area contributed by atoms with Gasteiger partial charge in [0.15, 0.2) is 0 Å². The average Bonchev–Trinajstić information content (AvgIpc) is 3.41. The number of amides is 2. The summed E-state index contributed by atoms with van der Waals surface area (Å²) < 4.78 is 28.9. The Labute approximate surface area is 189 Å². The summed E-state index contributed by atoms with van der Waals surface area (Å²) >= 11 is 0. The number of carbonyl (C=O) groups excluding carboxylic acids is 2. The molecule has 32 heavy (non-hydrogen) atoms. The van der Waals surface area contributed by atoms with E-state index >= 15 is 0 Å². The molecule has 0 aliphatic carbocycles. The lowest BCUT2D eigenvalue weighted by atomic mass is 9.95. The third kappa shape index (κ3) is 4.45. The van der Waals surface area contributed by atoms with Crippen molar-refractivity contribution in [3.63, 3.8) is 0 Å². The molecular formula is C23H30N4O4S. The summed E-state index contributed by atoms with van der Waals surface area (Å²) in [6, 6.07) is 11.7. The average molecular weight is 459 g/mol. The summed E-state index contributed by atoms with van der Waals surface area (Å²) in [6.07, 6.45) is 5.28. The van der Waals surface area contributed by atoms with E-state index in [2.05, 4.69) is 12.1 Å². The van der Waals surface area contributed by atoms with Gasteiger partial charge in [-0.15, -0.1) is 0 Å². The van der Waals surface area contributed by atoms with Crippen molar-refractivity contribution in [2.24, 2.45) is 18.7 Å². The number of rotatable bonds is 6. The van der Waals surface area contributed by atoms with Gasteiger partial charge in [0.1, 0.15) is 10.6 Å². The Morgan fingerprint density at radius 3 is 2.38 bits per heavy atom. The predicted molar refractivity (Wildman–Crippen MR) is 120 cm³/mol. The van der Waals surface area contributed by atoms with Crippen molar-refractivity contribution >= 4 is 21.8 Å². The first-order valence-electron chi connectivity index (χ1n) is 11.1. The van der Waals surface area contributed by atoms with Gasteiger partial charge in [0.2, 0.25) is 15.9 Å². The van der Waals surface area contributed by atoms with E-state index < -0.39 is 15.9 Å². The van der Waals surface area contributed by atoms with Crippen molar-refractivity contribution < 1.29 is 18.0 Å². The first kappa shape index (κ1) is 22.5. The van der Waals surface area contributed by atoms with E-state index in [0.29, 0.717) is 12.8 Å². The molecule has 3 heterocycles. The zero-order valence-electron chi connectivity index (χ0n) is 18.3. The Hall–Kier alpha value is -2.65. The number of hydrogen-bond acceptors (Lipinski definition) is 4. The lowest BCUT2D eigenvalue weighted by Gasteiger charge is -2.34. The number of piperidine rings is 1. The van der Waals surface area contributed by atoms with Crippen LogP contribution in [0.25, 0.3) is 0 Å². The number of benzene rings is 1. The Morgan fingerprint density at radius 2 is 1.75 bits per heavy atom. The van der Waals surface area contributed by atoms with Crippen LogP contribution in [0.4, 0.5) is 0 Å². The van der Waals surface area contributed by atoms with Gasteiger partial charge in [-0.2, -0.15) is 4.31 Å². The van der Waals surface area contributed by atoms with Crippen molar-refractivity contribution in [1.29, 1.82) is 0 Å². The van der Waals surface area contributed by atoms with E-state index in [0.717, 1.165) is 25.8 Å². The van der Waals surface area contributed by atoms with Crippen LogP contribution in [0, 0.1) is 5.92 Å². The zero-order chi connectivity index (χ0) is 22.9. The molecular weight excluding hydrogens is 428 g/mol. The molecule has 2 amide bonds. The number of sulfonamides is 1. The highest BCUT2D eigenvalue weighted by Crippen LogP contribution is 2.29. The Kier molecular flexibility index (Phi) is 6.39. The van der Waals surface area contributed by atoms with Gasteiger partial charge in [0.05, 0.1) is 0 Å². The first-order valence-corrected chi connectivity index (χ1v) is 12.5.